The monoisotopic (exact) mass is 291 g/mol. The molecule has 7 heteroatoms. The van der Waals surface area contributed by atoms with Crippen LogP contribution in [0.25, 0.3) is 5.78 Å². The van der Waals surface area contributed by atoms with Crippen LogP contribution in [0.4, 0.5) is 0 Å². The first-order valence-corrected chi connectivity index (χ1v) is 7.15. The van der Waals surface area contributed by atoms with Gasteiger partial charge in [-0.25, -0.2) is 9.50 Å². The van der Waals surface area contributed by atoms with Crippen LogP contribution in [0.5, 0.6) is 0 Å². The van der Waals surface area contributed by atoms with E-state index in [1.165, 1.54) is 11.8 Å². The topological polar surface area (TPSA) is 72.2 Å². The van der Waals surface area contributed by atoms with Crippen molar-refractivity contribution in [1.82, 2.24) is 24.9 Å². The molecule has 0 aromatic carbocycles. The first kappa shape index (κ1) is 14.5. The van der Waals surface area contributed by atoms with Crippen molar-refractivity contribution in [2.24, 2.45) is 0 Å². The maximum atomic E-state index is 11.8. The van der Waals surface area contributed by atoms with Crippen molar-refractivity contribution in [1.29, 1.82) is 0 Å². The smallest absolute Gasteiger partial charge is 0.253 e. The lowest BCUT2D eigenvalue weighted by molar-refractivity contribution is -0.120. The normalized spacial score (nSPS) is 12.3. The van der Waals surface area contributed by atoms with Gasteiger partial charge in [-0.15, -0.1) is 11.7 Å². The zero-order valence-electron chi connectivity index (χ0n) is 11.8. The molecule has 0 aliphatic heterocycles. The number of aryl methyl sites for hydroxylation is 2. The number of thioether (sulfide) groups is 1. The maximum Gasteiger partial charge on any atom is 0.253 e. The Morgan fingerprint density at radius 2 is 2.30 bits per heavy atom. The van der Waals surface area contributed by atoms with Crippen molar-refractivity contribution in [3.63, 3.8) is 0 Å². The summed E-state index contributed by atoms with van der Waals surface area (Å²) in [5.74, 6) is 0.498. The van der Waals surface area contributed by atoms with Gasteiger partial charge in [-0.05, 0) is 26.8 Å². The van der Waals surface area contributed by atoms with E-state index in [9.17, 15) is 4.79 Å². The Balaban J connectivity index is 2.16. The summed E-state index contributed by atoms with van der Waals surface area (Å²) in [6, 6.07) is 1.94. The lowest BCUT2D eigenvalue weighted by Crippen LogP contribution is -2.30. The molecule has 1 amide bonds. The van der Waals surface area contributed by atoms with Gasteiger partial charge in [0, 0.05) is 17.9 Å². The molecule has 2 aromatic heterocycles. The number of carbonyl (C=O) groups excluding carboxylic acids is 1. The third kappa shape index (κ3) is 3.16. The average Bonchev–Trinajstić information content (AvgIpc) is 2.78. The molecule has 0 saturated heterocycles. The van der Waals surface area contributed by atoms with Crippen LogP contribution in [-0.2, 0) is 4.79 Å². The number of carbonyl (C=O) groups is 1. The Bertz CT molecular complexity index is 651. The van der Waals surface area contributed by atoms with Crippen molar-refractivity contribution in [2.75, 3.05) is 6.54 Å². The number of fused-ring (bicyclic) bond motifs is 1. The van der Waals surface area contributed by atoms with Gasteiger partial charge in [0.2, 0.25) is 11.1 Å². The highest BCUT2D eigenvalue weighted by atomic mass is 32.2. The molecule has 0 bridgehead atoms. The van der Waals surface area contributed by atoms with E-state index in [0.29, 0.717) is 17.5 Å². The molecule has 1 unspecified atom stereocenters. The summed E-state index contributed by atoms with van der Waals surface area (Å²) in [6.07, 6.45) is 1.65. The highest BCUT2D eigenvalue weighted by Gasteiger charge is 2.17. The fourth-order valence-corrected chi connectivity index (χ4v) is 2.50. The Hall–Kier alpha value is -1.89. The number of hydrogen-bond acceptors (Lipinski definition) is 5. The molecule has 0 spiro atoms. The summed E-state index contributed by atoms with van der Waals surface area (Å²) in [4.78, 5) is 20.4. The summed E-state index contributed by atoms with van der Waals surface area (Å²) >= 11 is 1.31. The van der Waals surface area contributed by atoms with E-state index < -0.39 is 0 Å². The number of nitrogens with one attached hydrogen (secondary N) is 1. The van der Waals surface area contributed by atoms with Gasteiger partial charge in [0.25, 0.3) is 5.78 Å². The van der Waals surface area contributed by atoms with Crippen molar-refractivity contribution in [3.05, 3.63) is 30.1 Å². The van der Waals surface area contributed by atoms with Gasteiger partial charge in [0.15, 0.2) is 0 Å². The molecule has 2 heterocycles. The van der Waals surface area contributed by atoms with Crippen LogP contribution in [0.3, 0.4) is 0 Å². The minimum Gasteiger partial charge on any atom is -0.352 e. The third-order valence-corrected chi connectivity index (χ3v) is 3.62. The lowest BCUT2D eigenvalue weighted by atomic mass is 10.4. The second kappa shape index (κ2) is 6.04. The predicted octanol–water partition coefficient (Wildman–Crippen LogP) is 1.52. The van der Waals surface area contributed by atoms with E-state index in [2.05, 4.69) is 27.0 Å². The number of hydrogen-bond donors (Lipinski definition) is 1. The van der Waals surface area contributed by atoms with Gasteiger partial charge in [-0.1, -0.05) is 17.8 Å². The molecule has 2 aromatic rings. The molecule has 20 heavy (non-hydrogen) atoms. The van der Waals surface area contributed by atoms with Crippen LogP contribution in [0.2, 0.25) is 0 Å². The Morgan fingerprint density at radius 1 is 1.55 bits per heavy atom. The van der Waals surface area contributed by atoms with Gasteiger partial charge in [-0.3, -0.25) is 4.79 Å². The number of rotatable bonds is 5. The van der Waals surface area contributed by atoms with E-state index in [-0.39, 0.29) is 11.2 Å². The molecule has 1 atom stereocenters. The first-order valence-electron chi connectivity index (χ1n) is 6.27. The Labute approximate surface area is 121 Å². The van der Waals surface area contributed by atoms with Crippen molar-refractivity contribution in [2.45, 2.75) is 31.2 Å². The van der Waals surface area contributed by atoms with E-state index in [1.807, 2.05) is 26.8 Å². The number of nitrogens with zero attached hydrogens (tertiary/aromatic N) is 4. The van der Waals surface area contributed by atoms with E-state index in [0.717, 1.165) is 11.4 Å². The average molecular weight is 291 g/mol. The summed E-state index contributed by atoms with van der Waals surface area (Å²) in [5, 5.41) is 7.39. The maximum absolute atomic E-state index is 11.8. The second-order valence-corrected chi connectivity index (χ2v) is 5.75. The highest BCUT2D eigenvalue weighted by molar-refractivity contribution is 8.00. The van der Waals surface area contributed by atoms with Gasteiger partial charge < -0.3 is 5.32 Å². The van der Waals surface area contributed by atoms with Gasteiger partial charge in [0.05, 0.1) is 5.25 Å². The Kier molecular flexibility index (Phi) is 4.39. The van der Waals surface area contributed by atoms with Crippen LogP contribution < -0.4 is 5.32 Å². The standard InChI is InChI=1S/C13H17N5OS/c1-5-6-14-11(19)10(4)20-13-16-12-15-8(2)7-9(3)18(12)17-13/h5,7,10H,1,6H2,2-4H3,(H,14,19). The highest BCUT2D eigenvalue weighted by Crippen LogP contribution is 2.20. The predicted molar refractivity (Wildman–Crippen MR) is 78.8 cm³/mol. The van der Waals surface area contributed by atoms with Crippen molar-refractivity contribution in [3.8, 4) is 0 Å². The van der Waals surface area contributed by atoms with Crippen LogP contribution in [0.15, 0.2) is 23.9 Å². The van der Waals surface area contributed by atoms with Crippen LogP contribution in [0, 0.1) is 13.8 Å². The first-order chi connectivity index (χ1) is 9.51. The molecular weight excluding hydrogens is 274 g/mol. The quantitative estimate of drug-likeness (QED) is 0.668. The van der Waals surface area contributed by atoms with E-state index >= 15 is 0 Å². The number of amides is 1. The fourth-order valence-electron chi connectivity index (χ4n) is 1.73. The summed E-state index contributed by atoms with van der Waals surface area (Å²) in [7, 11) is 0. The fraction of sp³-hybridized carbons (Fsp3) is 0.385. The van der Waals surface area contributed by atoms with Gasteiger partial charge in [-0.2, -0.15) is 4.98 Å². The van der Waals surface area contributed by atoms with Crippen LogP contribution >= 0.6 is 11.8 Å². The van der Waals surface area contributed by atoms with Gasteiger partial charge in [0.1, 0.15) is 0 Å². The summed E-state index contributed by atoms with van der Waals surface area (Å²) in [6.45, 7) is 9.71. The molecule has 0 fully saturated rings. The second-order valence-electron chi connectivity index (χ2n) is 4.44. The lowest BCUT2D eigenvalue weighted by Gasteiger charge is -2.07. The molecule has 1 N–H and O–H groups in total. The SMILES string of the molecule is C=CCNC(=O)C(C)Sc1nc2nc(C)cc(C)n2n1. The zero-order valence-corrected chi connectivity index (χ0v) is 12.6. The van der Waals surface area contributed by atoms with E-state index in [4.69, 9.17) is 0 Å². The van der Waals surface area contributed by atoms with Crippen molar-refractivity contribution < 1.29 is 4.79 Å². The number of aromatic nitrogens is 4. The molecular formula is C13H17N5OS. The minimum atomic E-state index is -0.270. The minimum absolute atomic E-state index is 0.0605. The van der Waals surface area contributed by atoms with E-state index in [1.54, 1.807) is 10.6 Å². The summed E-state index contributed by atoms with van der Waals surface area (Å²) in [5.41, 5.74) is 1.87. The molecule has 0 aliphatic rings. The zero-order chi connectivity index (χ0) is 14.7. The molecule has 0 saturated carbocycles. The molecule has 6 nitrogen and oxygen atoms in total. The largest absolute Gasteiger partial charge is 0.352 e. The molecule has 0 radical (unpaired) electrons. The van der Waals surface area contributed by atoms with Gasteiger partial charge >= 0.3 is 0 Å². The molecule has 2 rings (SSSR count). The van der Waals surface area contributed by atoms with Crippen LogP contribution in [-0.4, -0.2) is 37.3 Å². The third-order valence-electron chi connectivity index (χ3n) is 2.67. The Morgan fingerprint density at radius 3 is 3.00 bits per heavy atom. The molecule has 0 aliphatic carbocycles. The summed E-state index contributed by atoms with van der Waals surface area (Å²) < 4.78 is 1.68. The van der Waals surface area contributed by atoms with Crippen molar-refractivity contribution >= 4 is 23.4 Å². The van der Waals surface area contributed by atoms with Crippen LogP contribution in [0.1, 0.15) is 18.3 Å². The molecule has 106 valence electrons.